The molecule has 0 radical (unpaired) electrons. The molecule has 12 heavy (non-hydrogen) atoms. The number of amides is 2. The Hall–Kier alpha value is -0.770. The first-order valence-corrected chi connectivity index (χ1v) is 4.10. The van der Waals surface area contributed by atoms with E-state index >= 15 is 0 Å². The molecule has 2 amide bonds. The Morgan fingerprint density at radius 3 is 2.50 bits per heavy atom. The molecule has 0 saturated carbocycles. The fraction of sp³-hybridized carbons (Fsp3) is 0.714. The quantitative estimate of drug-likeness (QED) is 0.635. The van der Waals surface area contributed by atoms with Crippen LogP contribution in [0.5, 0.6) is 0 Å². The Morgan fingerprint density at radius 1 is 1.50 bits per heavy atom. The zero-order valence-corrected chi connectivity index (χ0v) is 7.94. The lowest BCUT2D eigenvalue weighted by Crippen LogP contribution is -2.24. The van der Waals surface area contributed by atoms with Gasteiger partial charge in [-0.15, -0.1) is 0 Å². The molecule has 0 rings (SSSR count). The molecule has 0 aromatic carbocycles. The molecule has 0 aliphatic rings. The number of carbonyl (C=O) groups is 2. The first kappa shape index (κ1) is 11.2. The number of rotatable bonds is 4. The third-order valence-corrected chi connectivity index (χ3v) is 1.81. The van der Waals surface area contributed by atoms with Crippen LogP contribution in [0.4, 0.5) is 0 Å². The molecule has 5 heteroatoms. The van der Waals surface area contributed by atoms with Gasteiger partial charge in [-0.3, -0.25) is 14.4 Å². The predicted octanol–water partition coefficient (Wildman–Crippen LogP) is 0.419. The van der Waals surface area contributed by atoms with Crippen LogP contribution in [0, 0.1) is 5.92 Å². The maximum absolute atomic E-state index is 10.8. The lowest BCUT2D eigenvalue weighted by molar-refractivity contribution is -0.123. The largest absolute Gasteiger partial charge is 0.359 e. The molecule has 0 fully saturated rings. The Balaban J connectivity index is 3.63. The molecule has 4 nitrogen and oxygen atoms in total. The van der Waals surface area contributed by atoms with E-state index in [1.54, 1.807) is 14.0 Å². The summed E-state index contributed by atoms with van der Waals surface area (Å²) in [5, 5.41) is 2.47. The van der Waals surface area contributed by atoms with Gasteiger partial charge in [0.15, 0.2) is 0 Å². The van der Waals surface area contributed by atoms with Crippen LogP contribution in [0.3, 0.4) is 0 Å². The van der Waals surface area contributed by atoms with Gasteiger partial charge in [0, 0.05) is 31.2 Å². The van der Waals surface area contributed by atoms with Crippen LogP contribution in [-0.4, -0.2) is 18.9 Å². The molecular weight excluding hydrogens is 180 g/mol. The summed E-state index contributed by atoms with van der Waals surface area (Å²) in [6.45, 7) is 1.72. The van der Waals surface area contributed by atoms with E-state index in [1.165, 1.54) is 0 Å². The highest BCUT2D eigenvalue weighted by atomic mass is 35.5. The number of nitrogens with one attached hydrogen (secondary N) is 2. The molecular formula is C7H13ClN2O2. The highest BCUT2D eigenvalue weighted by Gasteiger charge is 2.12. The highest BCUT2D eigenvalue weighted by molar-refractivity contribution is 6.21. The summed E-state index contributed by atoms with van der Waals surface area (Å²) in [7, 11) is 1.56. The van der Waals surface area contributed by atoms with Gasteiger partial charge < -0.3 is 5.32 Å². The first-order chi connectivity index (χ1) is 5.61. The van der Waals surface area contributed by atoms with Gasteiger partial charge in [0.1, 0.15) is 0 Å². The normalized spacial score (nSPS) is 11.9. The maximum Gasteiger partial charge on any atom is 0.237 e. The van der Waals surface area contributed by atoms with Crippen molar-refractivity contribution in [2.75, 3.05) is 7.05 Å². The van der Waals surface area contributed by atoms with Gasteiger partial charge in [0.25, 0.3) is 0 Å². The maximum atomic E-state index is 10.8. The van der Waals surface area contributed by atoms with Crippen molar-refractivity contribution in [3.05, 3.63) is 0 Å². The lowest BCUT2D eigenvalue weighted by Gasteiger charge is -2.06. The number of halogens is 1. The SMILES string of the molecule is CNC(=O)CCC(C)C(=O)NCl. The second-order valence-electron chi connectivity index (χ2n) is 2.57. The topological polar surface area (TPSA) is 58.2 Å². The van der Waals surface area contributed by atoms with Crippen molar-refractivity contribution in [1.82, 2.24) is 10.2 Å². The molecule has 0 heterocycles. The van der Waals surface area contributed by atoms with Gasteiger partial charge in [-0.25, -0.2) is 0 Å². The first-order valence-electron chi connectivity index (χ1n) is 3.73. The van der Waals surface area contributed by atoms with E-state index in [0.29, 0.717) is 12.8 Å². The number of hydrogen-bond acceptors (Lipinski definition) is 2. The van der Waals surface area contributed by atoms with E-state index in [1.807, 2.05) is 4.84 Å². The number of hydrogen-bond donors (Lipinski definition) is 2. The van der Waals surface area contributed by atoms with E-state index in [0.717, 1.165) is 0 Å². The minimum Gasteiger partial charge on any atom is -0.359 e. The summed E-state index contributed by atoms with van der Waals surface area (Å²) in [5.41, 5.74) is 0. The van der Waals surface area contributed by atoms with Gasteiger partial charge in [0.05, 0.1) is 0 Å². The summed E-state index contributed by atoms with van der Waals surface area (Å²) in [5.74, 6) is -0.537. The molecule has 0 spiro atoms. The monoisotopic (exact) mass is 192 g/mol. The Morgan fingerprint density at radius 2 is 2.08 bits per heavy atom. The van der Waals surface area contributed by atoms with Crippen molar-refractivity contribution in [1.29, 1.82) is 0 Å². The van der Waals surface area contributed by atoms with E-state index in [-0.39, 0.29) is 17.7 Å². The molecule has 70 valence electrons. The van der Waals surface area contributed by atoms with Gasteiger partial charge in [-0.05, 0) is 6.42 Å². The van der Waals surface area contributed by atoms with Gasteiger partial charge in [-0.2, -0.15) is 0 Å². The van der Waals surface area contributed by atoms with Crippen molar-refractivity contribution < 1.29 is 9.59 Å². The predicted molar refractivity (Wildman–Crippen MR) is 46.5 cm³/mol. The standard InChI is InChI=1S/C7H13ClN2O2/c1-5(7(12)10-8)3-4-6(11)9-2/h5H,3-4H2,1-2H3,(H,9,11)(H,10,12). The molecule has 1 atom stereocenters. The molecule has 0 saturated heterocycles. The summed E-state index contributed by atoms with van der Waals surface area (Å²) < 4.78 is 0. The van der Waals surface area contributed by atoms with Crippen LogP contribution >= 0.6 is 11.8 Å². The van der Waals surface area contributed by atoms with Crippen molar-refractivity contribution >= 4 is 23.6 Å². The van der Waals surface area contributed by atoms with E-state index < -0.39 is 0 Å². The molecule has 1 unspecified atom stereocenters. The third kappa shape index (κ3) is 4.18. The summed E-state index contributed by atoms with van der Waals surface area (Å²) in [4.78, 5) is 23.6. The van der Waals surface area contributed by atoms with E-state index in [9.17, 15) is 9.59 Å². The Labute approximate surface area is 76.8 Å². The van der Waals surface area contributed by atoms with Crippen LogP contribution in [0.2, 0.25) is 0 Å². The average Bonchev–Trinajstić information content (AvgIpc) is 2.11. The van der Waals surface area contributed by atoms with Gasteiger partial charge in [0.2, 0.25) is 11.8 Å². The Bertz CT molecular complexity index is 173. The van der Waals surface area contributed by atoms with Crippen molar-refractivity contribution in [3.8, 4) is 0 Å². The van der Waals surface area contributed by atoms with Crippen LogP contribution < -0.4 is 10.2 Å². The van der Waals surface area contributed by atoms with Crippen molar-refractivity contribution in [2.45, 2.75) is 19.8 Å². The van der Waals surface area contributed by atoms with E-state index in [2.05, 4.69) is 5.32 Å². The van der Waals surface area contributed by atoms with Crippen molar-refractivity contribution in [3.63, 3.8) is 0 Å². The van der Waals surface area contributed by atoms with Crippen molar-refractivity contribution in [2.24, 2.45) is 5.92 Å². The van der Waals surface area contributed by atoms with Crippen LogP contribution in [-0.2, 0) is 9.59 Å². The summed E-state index contributed by atoms with van der Waals surface area (Å²) in [6, 6.07) is 0. The fourth-order valence-electron chi connectivity index (χ4n) is 0.697. The molecule has 0 aliphatic carbocycles. The van der Waals surface area contributed by atoms with Crippen LogP contribution in [0.1, 0.15) is 19.8 Å². The highest BCUT2D eigenvalue weighted by Crippen LogP contribution is 2.05. The molecule has 2 N–H and O–H groups in total. The Kier molecular flexibility index (Phi) is 5.45. The molecule has 0 aromatic heterocycles. The summed E-state index contributed by atoms with van der Waals surface area (Å²) in [6.07, 6.45) is 0.861. The van der Waals surface area contributed by atoms with Gasteiger partial charge in [-0.1, -0.05) is 6.92 Å². The third-order valence-electron chi connectivity index (χ3n) is 1.62. The second-order valence-corrected chi connectivity index (χ2v) is 2.76. The zero-order chi connectivity index (χ0) is 9.56. The molecule has 0 aromatic rings. The summed E-state index contributed by atoms with van der Waals surface area (Å²) >= 11 is 5.10. The lowest BCUT2D eigenvalue weighted by atomic mass is 10.1. The smallest absolute Gasteiger partial charge is 0.237 e. The molecule has 0 bridgehead atoms. The van der Waals surface area contributed by atoms with Crippen LogP contribution in [0.15, 0.2) is 0 Å². The number of carbonyl (C=O) groups excluding carboxylic acids is 2. The average molecular weight is 193 g/mol. The minimum atomic E-state index is -0.249. The minimum absolute atomic E-state index is 0.0655. The second kappa shape index (κ2) is 5.83. The van der Waals surface area contributed by atoms with E-state index in [4.69, 9.17) is 11.8 Å². The fourth-order valence-corrected chi connectivity index (χ4v) is 0.883. The van der Waals surface area contributed by atoms with Crippen LogP contribution in [0.25, 0.3) is 0 Å². The molecule has 0 aliphatic heterocycles. The zero-order valence-electron chi connectivity index (χ0n) is 7.19. The van der Waals surface area contributed by atoms with Gasteiger partial charge >= 0.3 is 0 Å².